The van der Waals surface area contributed by atoms with Gasteiger partial charge in [-0.25, -0.2) is 0 Å². The van der Waals surface area contributed by atoms with Gasteiger partial charge in [-0.05, 0) is 41.8 Å². The molecule has 3 rings (SSSR count). The normalized spacial score (nSPS) is 18.5. The number of aryl methyl sites for hydroxylation is 1. The first-order chi connectivity index (χ1) is 10.3. The molecule has 0 saturated heterocycles. The van der Waals surface area contributed by atoms with E-state index in [1.54, 1.807) is 0 Å². The topological polar surface area (TPSA) is 70.6 Å². The van der Waals surface area contributed by atoms with Crippen LogP contribution in [0, 0.1) is 0 Å². The van der Waals surface area contributed by atoms with Gasteiger partial charge in [0, 0.05) is 23.0 Å². The molecule has 1 unspecified atom stereocenters. The minimum Gasteiger partial charge on any atom is -0.409 e. The Labute approximate surface area is 128 Å². The van der Waals surface area contributed by atoms with Crippen molar-refractivity contribution in [2.45, 2.75) is 31.8 Å². The van der Waals surface area contributed by atoms with Crippen LogP contribution in [0.1, 0.15) is 40.5 Å². The molecule has 0 aliphatic heterocycles. The van der Waals surface area contributed by atoms with Crippen molar-refractivity contribution in [1.29, 1.82) is 0 Å². The fraction of sp³-hybridized carbons (Fsp3) is 0.312. The van der Waals surface area contributed by atoms with E-state index in [0.717, 1.165) is 12.1 Å². The van der Waals surface area contributed by atoms with Crippen molar-refractivity contribution in [3.05, 3.63) is 57.3 Å². The summed E-state index contributed by atoms with van der Waals surface area (Å²) in [4.78, 5) is 1.53. The predicted octanol–water partition coefficient (Wildman–Crippen LogP) is 3.01. The number of nitrogens with one attached hydrogen (secondary N) is 1. The van der Waals surface area contributed by atoms with Crippen molar-refractivity contribution in [2.24, 2.45) is 10.9 Å². The maximum absolute atomic E-state index is 8.66. The molecule has 1 aromatic heterocycles. The Kier molecular flexibility index (Phi) is 4.22. The van der Waals surface area contributed by atoms with E-state index in [-0.39, 0.29) is 5.84 Å². The molecule has 1 aromatic carbocycles. The van der Waals surface area contributed by atoms with Gasteiger partial charge in [-0.2, -0.15) is 0 Å². The van der Waals surface area contributed by atoms with E-state index in [0.29, 0.717) is 6.04 Å². The monoisotopic (exact) mass is 301 g/mol. The molecular formula is C16H19N3OS. The van der Waals surface area contributed by atoms with Crippen molar-refractivity contribution >= 4 is 17.2 Å². The number of hydrogen-bond acceptors (Lipinski definition) is 4. The largest absolute Gasteiger partial charge is 0.409 e. The summed E-state index contributed by atoms with van der Waals surface area (Å²) in [7, 11) is 0. The lowest BCUT2D eigenvalue weighted by Gasteiger charge is -2.24. The van der Waals surface area contributed by atoms with E-state index >= 15 is 0 Å². The van der Waals surface area contributed by atoms with E-state index in [9.17, 15) is 0 Å². The van der Waals surface area contributed by atoms with Gasteiger partial charge in [0.25, 0.3) is 0 Å². The number of amidine groups is 1. The molecule has 0 bridgehead atoms. The number of nitrogens with zero attached hydrogens (tertiary/aromatic N) is 1. The van der Waals surface area contributed by atoms with Gasteiger partial charge in [0.2, 0.25) is 0 Å². The second-order valence-corrected chi connectivity index (χ2v) is 6.31. The number of hydrogen-bond donors (Lipinski definition) is 3. The quantitative estimate of drug-likeness (QED) is 0.352. The van der Waals surface area contributed by atoms with Crippen LogP contribution in [-0.4, -0.2) is 11.0 Å². The zero-order valence-corrected chi connectivity index (χ0v) is 12.6. The Morgan fingerprint density at radius 1 is 1.33 bits per heavy atom. The zero-order valence-electron chi connectivity index (χ0n) is 11.7. The van der Waals surface area contributed by atoms with Gasteiger partial charge >= 0.3 is 0 Å². The van der Waals surface area contributed by atoms with Crippen LogP contribution in [-0.2, 0) is 13.0 Å². The highest BCUT2D eigenvalue weighted by Crippen LogP contribution is 2.33. The molecule has 0 radical (unpaired) electrons. The molecule has 1 aliphatic carbocycles. The van der Waals surface area contributed by atoms with Crippen LogP contribution in [0.4, 0.5) is 0 Å². The van der Waals surface area contributed by atoms with E-state index in [1.807, 2.05) is 35.6 Å². The molecule has 0 saturated carbocycles. The summed E-state index contributed by atoms with van der Waals surface area (Å²) >= 11 is 1.87. The fourth-order valence-electron chi connectivity index (χ4n) is 2.79. The van der Waals surface area contributed by atoms with Crippen molar-refractivity contribution in [2.75, 3.05) is 0 Å². The second kappa shape index (κ2) is 6.28. The lowest BCUT2D eigenvalue weighted by molar-refractivity contribution is 0.318. The molecule has 0 spiro atoms. The molecule has 0 amide bonds. The summed E-state index contributed by atoms with van der Waals surface area (Å²) in [6.07, 6.45) is 3.68. The second-order valence-electron chi connectivity index (χ2n) is 5.31. The molecule has 1 aliphatic rings. The van der Waals surface area contributed by atoms with E-state index in [1.165, 1.54) is 35.3 Å². The third kappa shape index (κ3) is 3.09. The van der Waals surface area contributed by atoms with Crippen LogP contribution in [0.15, 0.2) is 40.9 Å². The van der Waals surface area contributed by atoms with Crippen LogP contribution in [0.3, 0.4) is 0 Å². The molecule has 4 nitrogen and oxygen atoms in total. The molecule has 21 heavy (non-hydrogen) atoms. The Morgan fingerprint density at radius 2 is 2.14 bits per heavy atom. The summed E-state index contributed by atoms with van der Waals surface area (Å²) in [5, 5.41) is 17.5. The number of fused-ring (bicyclic) bond motifs is 1. The lowest BCUT2D eigenvalue weighted by Crippen LogP contribution is -2.23. The van der Waals surface area contributed by atoms with Crippen molar-refractivity contribution < 1.29 is 5.21 Å². The molecule has 1 atom stereocenters. The molecular weight excluding hydrogens is 282 g/mol. The van der Waals surface area contributed by atoms with Gasteiger partial charge in [-0.3, -0.25) is 0 Å². The van der Waals surface area contributed by atoms with Gasteiger partial charge in [0.15, 0.2) is 5.84 Å². The van der Waals surface area contributed by atoms with Gasteiger partial charge in [0.1, 0.15) is 0 Å². The van der Waals surface area contributed by atoms with Gasteiger partial charge in [0.05, 0.1) is 0 Å². The summed E-state index contributed by atoms with van der Waals surface area (Å²) in [5.41, 5.74) is 8.97. The average molecular weight is 301 g/mol. The third-order valence-corrected chi connectivity index (χ3v) is 4.96. The van der Waals surface area contributed by atoms with Crippen LogP contribution in [0.2, 0.25) is 0 Å². The van der Waals surface area contributed by atoms with E-state index in [4.69, 9.17) is 10.9 Å². The standard InChI is InChI=1S/C16H19N3OS/c17-16(19-20)12-6-4-11(5-7-12)10-18-14-2-1-3-15-13(14)8-9-21-15/h4-9,14,18,20H,1-3,10H2,(H2,17,19). The van der Waals surface area contributed by atoms with Gasteiger partial charge in [-0.15, -0.1) is 11.3 Å². The highest BCUT2D eigenvalue weighted by molar-refractivity contribution is 7.10. The number of benzene rings is 1. The summed E-state index contributed by atoms with van der Waals surface area (Å²) in [5.74, 6) is 0.143. The van der Waals surface area contributed by atoms with Crippen LogP contribution < -0.4 is 11.1 Å². The third-order valence-electron chi connectivity index (χ3n) is 3.96. The van der Waals surface area contributed by atoms with Crippen molar-refractivity contribution in [3.63, 3.8) is 0 Å². The Morgan fingerprint density at radius 3 is 2.90 bits per heavy atom. The zero-order chi connectivity index (χ0) is 14.7. The van der Waals surface area contributed by atoms with Crippen LogP contribution in [0.25, 0.3) is 0 Å². The number of thiophene rings is 1. The number of nitrogens with two attached hydrogens (primary N) is 1. The fourth-order valence-corrected chi connectivity index (χ4v) is 3.78. The number of oxime groups is 1. The first-order valence-electron chi connectivity index (χ1n) is 7.14. The maximum atomic E-state index is 8.66. The Hall–Kier alpha value is -1.85. The average Bonchev–Trinajstić information content (AvgIpc) is 3.02. The molecule has 4 N–H and O–H groups in total. The molecule has 110 valence electrons. The molecule has 0 fully saturated rings. The summed E-state index contributed by atoms with van der Waals surface area (Å²) in [6, 6.07) is 10.5. The highest BCUT2D eigenvalue weighted by atomic mass is 32.1. The first kappa shape index (κ1) is 14.1. The van der Waals surface area contributed by atoms with Gasteiger partial charge in [-0.1, -0.05) is 29.4 Å². The van der Waals surface area contributed by atoms with E-state index < -0.39 is 0 Å². The SMILES string of the molecule is NC(=NO)c1ccc(CNC2CCCc3sccc32)cc1. The van der Waals surface area contributed by atoms with Crippen molar-refractivity contribution in [1.82, 2.24) is 5.32 Å². The van der Waals surface area contributed by atoms with Crippen molar-refractivity contribution in [3.8, 4) is 0 Å². The smallest absolute Gasteiger partial charge is 0.170 e. The van der Waals surface area contributed by atoms with E-state index in [2.05, 4.69) is 21.9 Å². The minimum absolute atomic E-state index is 0.143. The molecule has 1 heterocycles. The number of rotatable bonds is 4. The Balaban J connectivity index is 1.64. The lowest BCUT2D eigenvalue weighted by atomic mass is 9.94. The van der Waals surface area contributed by atoms with Gasteiger partial charge < -0.3 is 16.3 Å². The van der Waals surface area contributed by atoms with Crippen LogP contribution in [0.5, 0.6) is 0 Å². The molecule has 2 aromatic rings. The molecule has 5 heteroatoms. The Bertz CT molecular complexity index is 633. The minimum atomic E-state index is 0.143. The maximum Gasteiger partial charge on any atom is 0.170 e. The predicted molar refractivity (Wildman–Crippen MR) is 85.8 cm³/mol. The summed E-state index contributed by atoms with van der Waals surface area (Å²) in [6.45, 7) is 0.830. The first-order valence-corrected chi connectivity index (χ1v) is 8.02. The van der Waals surface area contributed by atoms with Crippen LogP contribution >= 0.6 is 11.3 Å². The summed E-state index contributed by atoms with van der Waals surface area (Å²) < 4.78 is 0. The highest BCUT2D eigenvalue weighted by Gasteiger charge is 2.20.